The van der Waals surface area contributed by atoms with Crippen LogP contribution in [0, 0.1) is 0 Å². The maximum atomic E-state index is 12.9. The van der Waals surface area contributed by atoms with Gasteiger partial charge in [0.2, 0.25) is 0 Å². The Balaban J connectivity index is 1.49. The minimum Gasteiger partial charge on any atom is -0.490 e. The van der Waals surface area contributed by atoms with E-state index in [4.69, 9.17) is 19.3 Å². The number of aromatic nitrogens is 4. The Kier molecular flexibility index (Phi) is 5.30. The number of fused-ring (bicyclic) bond motifs is 1. The molecular weight excluding hydrogens is 422 g/mol. The molecule has 2 aliphatic heterocycles. The second kappa shape index (κ2) is 8.46. The van der Waals surface area contributed by atoms with Crippen LogP contribution in [0.15, 0.2) is 29.1 Å². The molecule has 2 aromatic heterocycles. The lowest BCUT2D eigenvalue weighted by Gasteiger charge is -2.28. The zero-order valence-electron chi connectivity index (χ0n) is 18.9. The summed E-state index contributed by atoms with van der Waals surface area (Å²) in [5.41, 5.74) is 2.92. The molecule has 6 rings (SSSR count). The average Bonchev–Trinajstić information content (AvgIpc) is 3.59. The van der Waals surface area contributed by atoms with E-state index in [-0.39, 0.29) is 11.8 Å². The number of anilines is 1. The number of aryl methyl sites for hydroxylation is 1. The predicted molar refractivity (Wildman–Crippen MR) is 124 cm³/mol. The number of ether oxygens (including phenoxy) is 3. The van der Waals surface area contributed by atoms with Crippen LogP contribution in [0.4, 0.5) is 5.69 Å². The fourth-order valence-corrected chi connectivity index (χ4v) is 4.64. The molecule has 0 bridgehead atoms. The highest BCUT2D eigenvalue weighted by Crippen LogP contribution is 2.36. The van der Waals surface area contributed by atoms with Crippen LogP contribution in [-0.4, -0.2) is 58.6 Å². The van der Waals surface area contributed by atoms with Crippen molar-refractivity contribution >= 4 is 16.6 Å². The molecule has 0 spiro atoms. The minimum atomic E-state index is -0.113. The van der Waals surface area contributed by atoms with Gasteiger partial charge in [-0.15, -0.1) is 0 Å². The van der Waals surface area contributed by atoms with Crippen LogP contribution < -0.4 is 15.2 Å². The van der Waals surface area contributed by atoms with Crippen molar-refractivity contribution in [2.24, 2.45) is 7.05 Å². The molecule has 9 nitrogen and oxygen atoms in total. The van der Waals surface area contributed by atoms with E-state index in [1.807, 2.05) is 16.8 Å². The van der Waals surface area contributed by atoms with Crippen molar-refractivity contribution in [3.63, 3.8) is 0 Å². The van der Waals surface area contributed by atoms with E-state index in [1.54, 1.807) is 7.05 Å². The lowest BCUT2D eigenvalue weighted by molar-refractivity contribution is -0.0365. The van der Waals surface area contributed by atoms with Crippen LogP contribution in [0.3, 0.4) is 0 Å². The Hall–Kier alpha value is -2.91. The van der Waals surface area contributed by atoms with Gasteiger partial charge < -0.3 is 19.1 Å². The number of nitrogens with zero attached hydrogens (tertiary/aromatic N) is 5. The van der Waals surface area contributed by atoms with E-state index in [9.17, 15) is 4.79 Å². The van der Waals surface area contributed by atoms with Crippen LogP contribution >= 0.6 is 0 Å². The standard InChI is InChI=1S/C24H29N5O4/c1-27-24(30)21(28-9-12-31-13-10-28)15-19(25-27)23-18-14-17(33-16-5-6-16)7-8-20(18)29(26-23)22-4-2-3-11-32-22/h7-8,14-16,22H,2-6,9-13H2,1H3. The van der Waals surface area contributed by atoms with Crippen LogP contribution in [0.5, 0.6) is 5.75 Å². The molecule has 33 heavy (non-hydrogen) atoms. The van der Waals surface area contributed by atoms with Crippen molar-refractivity contribution in [3.8, 4) is 17.1 Å². The van der Waals surface area contributed by atoms with Crippen molar-refractivity contribution in [2.75, 3.05) is 37.8 Å². The molecule has 1 saturated carbocycles. The molecule has 1 aromatic carbocycles. The first-order valence-corrected chi connectivity index (χ1v) is 11.9. The van der Waals surface area contributed by atoms with Crippen LogP contribution in [-0.2, 0) is 16.5 Å². The predicted octanol–water partition coefficient (Wildman–Crippen LogP) is 2.87. The second-order valence-electron chi connectivity index (χ2n) is 9.05. The van der Waals surface area contributed by atoms with Gasteiger partial charge in [0.25, 0.3) is 5.56 Å². The van der Waals surface area contributed by atoms with Crippen LogP contribution in [0.25, 0.3) is 22.3 Å². The Morgan fingerprint density at radius 2 is 1.88 bits per heavy atom. The van der Waals surface area contributed by atoms with Gasteiger partial charge in [-0.1, -0.05) is 0 Å². The number of hydrogen-bond donors (Lipinski definition) is 0. The van der Waals surface area contributed by atoms with Gasteiger partial charge in [-0.2, -0.15) is 10.2 Å². The summed E-state index contributed by atoms with van der Waals surface area (Å²) in [7, 11) is 1.70. The Labute approximate surface area is 191 Å². The first kappa shape index (κ1) is 20.7. The molecule has 0 radical (unpaired) electrons. The minimum absolute atomic E-state index is 0.101. The highest BCUT2D eigenvalue weighted by atomic mass is 16.5. The van der Waals surface area contributed by atoms with E-state index in [2.05, 4.69) is 22.1 Å². The monoisotopic (exact) mass is 451 g/mol. The molecule has 0 amide bonds. The lowest BCUT2D eigenvalue weighted by atomic mass is 10.1. The summed E-state index contributed by atoms with van der Waals surface area (Å²) in [5.74, 6) is 0.841. The quantitative estimate of drug-likeness (QED) is 0.590. The number of benzene rings is 1. The van der Waals surface area contributed by atoms with Gasteiger partial charge in [0.1, 0.15) is 22.8 Å². The van der Waals surface area contributed by atoms with Gasteiger partial charge >= 0.3 is 0 Å². The average molecular weight is 452 g/mol. The van der Waals surface area contributed by atoms with Gasteiger partial charge in [0.05, 0.1) is 24.8 Å². The number of morpholine rings is 1. The van der Waals surface area contributed by atoms with Crippen molar-refractivity contribution < 1.29 is 14.2 Å². The molecule has 0 N–H and O–H groups in total. The highest BCUT2D eigenvalue weighted by Gasteiger charge is 2.27. The normalized spacial score (nSPS) is 21.5. The van der Waals surface area contributed by atoms with Crippen molar-refractivity contribution in [2.45, 2.75) is 44.4 Å². The maximum Gasteiger partial charge on any atom is 0.290 e. The summed E-state index contributed by atoms with van der Waals surface area (Å²) >= 11 is 0. The first-order chi connectivity index (χ1) is 16.2. The molecule has 9 heteroatoms. The number of rotatable bonds is 5. The van der Waals surface area contributed by atoms with E-state index in [1.165, 1.54) is 4.68 Å². The third-order valence-electron chi connectivity index (χ3n) is 6.57. The molecule has 1 unspecified atom stereocenters. The van der Waals surface area contributed by atoms with E-state index < -0.39 is 0 Å². The van der Waals surface area contributed by atoms with Crippen molar-refractivity contribution in [1.29, 1.82) is 0 Å². The lowest BCUT2D eigenvalue weighted by Crippen LogP contribution is -2.40. The van der Waals surface area contributed by atoms with Gasteiger partial charge in [-0.05, 0) is 56.4 Å². The SMILES string of the molecule is Cn1nc(-c2nn(C3CCCCO3)c3ccc(OC4CC4)cc23)cc(N2CCOCC2)c1=O. The Morgan fingerprint density at radius 3 is 2.64 bits per heavy atom. The van der Waals surface area contributed by atoms with Crippen LogP contribution in [0.2, 0.25) is 0 Å². The zero-order chi connectivity index (χ0) is 22.4. The summed E-state index contributed by atoms with van der Waals surface area (Å²) < 4.78 is 21.0. The van der Waals surface area contributed by atoms with Crippen molar-refractivity contribution in [3.05, 3.63) is 34.6 Å². The molecule has 3 aromatic rings. The molecule has 4 heterocycles. The van der Waals surface area contributed by atoms with Crippen LogP contribution in [0.1, 0.15) is 38.3 Å². The third-order valence-corrected chi connectivity index (χ3v) is 6.57. The zero-order valence-corrected chi connectivity index (χ0v) is 18.9. The fourth-order valence-electron chi connectivity index (χ4n) is 4.64. The summed E-state index contributed by atoms with van der Waals surface area (Å²) in [6, 6.07) is 8.00. The topological polar surface area (TPSA) is 83.6 Å². The van der Waals surface area contributed by atoms with Gasteiger partial charge in [-0.25, -0.2) is 9.36 Å². The molecule has 174 valence electrons. The summed E-state index contributed by atoms with van der Waals surface area (Å²) in [6.45, 7) is 3.33. The van der Waals surface area contributed by atoms with Crippen molar-refractivity contribution in [1.82, 2.24) is 19.6 Å². The smallest absolute Gasteiger partial charge is 0.290 e. The van der Waals surface area contributed by atoms with E-state index >= 15 is 0 Å². The van der Waals surface area contributed by atoms with Gasteiger partial charge in [-0.3, -0.25) is 4.79 Å². The molecule has 1 atom stereocenters. The largest absolute Gasteiger partial charge is 0.490 e. The third kappa shape index (κ3) is 4.00. The molecular formula is C24H29N5O4. The summed E-state index contributed by atoms with van der Waals surface area (Å²) in [6.07, 6.45) is 5.53. The molecule has 1 aliphatic carbocycles. The fraction of sp³-hybridized carbons (Fsp3) is 0.542. The summed E-state index contributed by atoms with van der Waals surface area (Å²) in [4.78, 5) is 15.0. The number of hydrogen-bond acceptors (Lipinski definition) is 7. The maximum absolute atomic E-state index is 12.9. The first-order valence-electron chi connectivity index (χ1n) is 11.9. The van der Waals surface area contributed by atoms with E-state index in [0.29, 0.717) is 43.8 Å². The Bertz CT molecular complexity index is 1220. The van der Waals surface area contributed by atoms with E-state index in [0.717, 1.165) is 61.1 Å². The van der Waals surface area contributed by atoms with Gasteiger partial charge in [0.15, 0.2) is 6.23 Å². The summed E-state index contributed by atoms with van der Waals surface area (Å²) in [5, 5.41) is 10.5. The Morgan fingerprint density at radius 1 is 1.03 bits per heavy atom. The molecule has 3 aliphatic rings. The second-order valence-corrected chi connectivity index (χ2v) is 9.05. The van der Waals surface area contributed by atoms with Gasteiger partial charge in [0, 0.05) is 32.1 Å². The molecule has 3 fully saturated rings. The highest BCUT2D eigenvalue weighted by molar-refractivity contribution is 5.93. The molecule has 2 saturated heterocycles.